The fourth-order valence-electron chi connectivity index (χ4n) is 2.78. The molecular formula is C19H30N2O4. The lowest BCUT2D eigenvalue weighted by atomic mass is 10.0. The lowest BCUT2D eigenvalue weighted by molar-refractivity contribution is -0.186. The fraction of sp³-hybridized carbons (Fsp3) is 0.684. The van der Waals surface area contributed by atoms with Crippen LogP contribution in [0.25, 0.3) is 0 Å². The van der Waals surface area contributed by atoms with Crippen LogP contribution in [-0.4, -0.2) is 36.1 Å². The van der Waals surface area contributed by atoms with Gasteiger partial charge in [-0.2, -0.15) is 0 Å². The van der Waals surface area contributed by atoms with Crippen molar-refractivity contribution in [2.75, 3.05) is 13.2 Å². The minimum atomic E-state index is -0.494. The Kier molecular flexibility index (Phi) is 7.20. The number of rotatable bonds is 6. The molecule has 1 N–H and O–H groups in total. The van der Waals surface area contributed by atoms with Crippen LogP contribution in [0.3, 0.4) is 0 Å². The van der Waals surface area contributed by atoms with Crippen molar-refractivity contribution in [3.8, 4) is 0 Å². The summed E-state index contributed by atoms with van der Waals surface area (Å²) in [7, 11) is 0. The molecule has 1 aromatic heterocycles. The van der Waals surface area contributed by atoms with E-state index in [0.717, 1.165) is 37.0 Å². The summed E-state index contributed by atoms with van der Waals surface area (Å²) in [5.41, 5.74) is 1.64. The third-order valence-electron chi connectivity index (χ3n) is 3.94. The predicted molar refractivity (Wildman–Crippen MR) is 95.3 cm³/mol. The van der Waals surface area contributed by atoms with Crippen molar-refractivity contribution in [3.05, 3.63) is 29.6 Å². The van der Waals surface area contributed by atoms with E-state index in [1.165, 1.54) is 0 Å². The molecule has 1 aliphatic heterocycles. The lowest BCUT2D eigenvalue weighted by Crippen LogP contribution is -2.33. The molecule has 1 fully saturated rings. The van der Waals surface area contributed by atoms with E-state index >= 15 is 0 Å². The van der Waals surface area contributed by atoms with Gasteiger partial charge in [-0.1, -0.05) is 0 Å². The smallest absolute Gasteiger partial charge is 0.407 e. The van der Waals surface area contributed by atoms with E-state index in [4.69, 9.17) is 14.2 Å². The molecule has 1 aromatic rings. The molecule has 2 unspecified atom stereocenters. The lowest BCUT2D eigenvalue weighted by Gasteiger charge is -2.27. The number of carbonyl (C=O) groups is 1. The van der Waals surface area contributed by atoms with Gasteiger partial charge in [-0.25, -0.2) is 4.79 Å². The Labute approximate surface area is 150 Å². The van der Waals surface area contributed by atoms with Crippen LogP contribution < -0.4 is 5.32 Å². The Morgan fingerprint density at radius 2 is 2.24 bits per heavy atom. The van der Waals surface area contributed by atoms with Crippen LogP contribution in [0.15, 0.2) is 18.5 Å². The number of ether oxygens (including phenoxy) is 3. The van der Waals surface area contributed by atoms with Crippen molar-refractivity contribution in [1.82, 2.24) is 10.3 Å². The van der Waals surface area contributed by atoms with Gasteiger partial charge in [0.1, 0.15) is 5.60 Å². The summed E-state index contributed by atoms with van der Waals surface area (Å²) in [5, 5.41) is 2.78. The molecular weight excluding hydrogens is 320 g/mol. The molecule has 0 aromatic carbocycles. The summed E-state index contributed by atoms with van der Waals surface area (Å²) in [4.78, 5) is 15.9. The largest absolute Gasteiger partial charge is 0.444 e. The zero-order chi connectivity index (χ0) is 18.3. The van der Waals surface area contributed by atoms with Crippen molar-refractivity contribution in [1.29, 1.82) is 0 Å². The second kappa shape index (κ2) is 9.15. The van der Waals surface area contributed by atoms with Gasteiger partial charge in [0.2, 0.25) is 0 Å². The van der Waals surface area contributed by atoms with Crippen molar-refractivity contribution in [2.45, 2.75) is 71.4 Å². The average molecular weight is 350 g/mol. The molecule has 0 radical (unpaired) electrons. The first-order valence-electron chi connectivity index (χ1n) is 9.02. The van der Waals surface area contributed by atoms with Crippen LogP contribution in [0.4, 0.5) is 4.79 Å². The summed E-state index contributed by atoms with van der Waals surface area (Å²) < 4.78 is 17.0. The van der Waals surface area contributed by atoms with Gasteiger partial charge in [-0.15, -0.1) is 0 Å². The number of aromatic nitrogens is 1. The van der Waals surface area contributed by atoms with Crippen LogP contribution in [0.5, 0.6) is 0 Å². The number of alkyl carbamates (subject to hydrolysis) is 1. The molecule has 1 aliphatic rings. The molecule has 6 nitrogen and oxygen atoms in total. The van der Waals surface area contributed by atoms with Crippen LogP contribution in [0.2, 0.25) is 0 Å². The first-order chi connectivity index (χ1) is 11.8. The first kappa shape index (κ1) is 19.7. The zero-order valence-corrected chi connectivity index (χ0v) is 15.7. The molecule has 25 heavy (non-hydrogen) atoms. The van der Waals surface area contributed by atoms with Crippen LogP contribution >= 0.6 is 0 Å². The molecule has 1 amide bonds. The molecule has 2 rings (SSSR count). The van der Waals surface area contributed by atoms with Crippen LogP contribution in [0.1, 0.15) is 64.2 Å². The predicted octanol–water partition coefficient (Wildman–Crippen LogP) is 3.75. The Balaban J connectivity index is 1.87. The topological polar surface area (TPSA) is 69.7 Å². The second-order valence-electron chi connectivity index (χ2n) is 7.33. The highest BCUT2D eigenvalue weighted by Crippen LogP contribution is 2.25. The summed E-state index contributed by atoms with van der Waals surface area (Å²) in [6.45, 7) is 8.81. The van der Waals surface area contributed by atoms with E-state index in [1.54, 1.807) is 6.20 Å². The maximum Gasteiger partial charge on any atom is 0.407 e. The van der Waals surface area contributed by atoms with E-state index < -0.39 is 11.7 Å². The monoisotopic (exact) mass is 350 g/mol. The van der Waals surface area contributed by atoms with Gasteiger partial charge in [0.25, 0.3) is 0 Å². The Morgan fingerprint density at radius 1 is 1.44 bits per heavy atom. The molecule has 6 heteroatoms. The van der Waals surface area contributed by atoms with Crippen LogP contribution in [-0.2, 0) is 20.6 Å². The molecule has 2 atom stereocenters. The molecule has 0 bridgehead atoms. The number of nitrogens with one attached hydrogen (secondary N) is 1. The molecule has 0 saturated carbocycles. The number of carbonyl (C=O) groups excluding carboxylic acids is 1. The summed E-state index contributed by atoms with van der Waals surface area (Å²) >= 11 is 0. The van der Waals surface area contributed by atoms with Gasteiger partial charge in [0.15, 0.2) is 6.29 Å². The number of hydrogen-bond donors (Lipinski definition) is 1. The number of hydrogen-bond acceptors (Lipinski definition) is 5. The highest BCUT2D eigenvalue weighted by atomic mass is 16.7. The van der Waals surface area contributed by atoms with Crippen molar-refractivity contribution in [2.24, 2.45) is 0 Å². The summed E-state index contributed by atoms with van der Waals surface area (Å²) in [5.74, 6) is 0. The molecule has 140 valence electrons. The maximum absolute atomic E-state index is 11.7. The second-order valence-corrected chi connectivity index (χ2v) is 7.33. The highest BCUT2D eigenvalue weighted by Gasteiger charge is 2.20. The minimum Gasteiger partial charge on any atom is -0.444 e. The normalized spacial score (nSPS) is 19.3. The number of nitrogens with zero attached hydrogens (tertiary/aromatic N) is 1. The van der Waals surface area contributed by atoms with Gasteiger partial charge in [0, 0.05) is 25.5 Å². The summed E-state index contributed by atoms with van der Waals surface area (Å²) in [6, 6.07) is 1.97. The van der Waals surface area contributed by atoms with E-state index in [-0.39, 0.29) is 12.4 Å². The summed E-state index contributed by atoms with van der Waals surface area (Å²) in [6.07, 6.45) is 6.82. The van der Waals surface area contributed by atoms with E-state index in [2.05, 4.69) is 10.3 Å². The van der Waals surface area contributed by atoms with Gasteiger partial charge >= 0.3 is 6.09 Å². The van der Waals surface area contributed by atoms with E-state index in [1.807, 2.05) is 40.0 Å². The highest BCUT2D eigenvalue weighted by molar-refractivity contribution is 5.67. The van der Waals surface area contributed by atoms with Gasteiger partial charge in [-0.3, -0.25) is 4.98 Å². The fourth-order valence-corrected chi connectivity index (χ4v) is 2.78. The third kappa shape index (κ3) is 7.00. The molecule has 1 saturated heterocycles. The average Bonchev–Trinajstić information content (AvgIpc) is 2.54. The Bertz CT molecular complexity index is 551. The zero-order valence-electron chi connectivity index (χ0n) is 15.7. The van der Waals surface area contributed by atoms with Gasteiger partial charge < -0.3 is 19.5 Å². The Hall–Kier alpha value is -1.66. The minimum absolute atomic E-state index is 0.0809. The van der Waals surface area contributed by atoms with Crippen molar-refractivity contribution in [3.63, 3.8) is 0 Å². The number of amides is 1. The standard InChI is InChI=1S/C19H30N2O4/c1-14(24-17-7-5-6-12-23-17)16-9-10-20-13-15(16)8-11-21-18(22)25-19(2,3)4/h9-10,13-14,17H,5-8,11-12H2,1-4H3,(H,21,22). The van der Waals surface area contributed by atoms with Crippen LogP contribution in [0, 0.1) is 0 Å². The third-order valence-corrected chi connectivity index (χ3v) is 3.94. The molecule has 0 spiro atoms. The van der Waals surface area contributed by atoms with Gasteiger partial charge in [0.05, 0.1) is 6.10 Å². The molecule has 0 aliphatic carbocycles. The van der Waals surface area contributed by atoms with Crippen molar-refractivity contribution >= 4 is 6.09 Å². The quantitative estimate of drug-likeness (QED) is 0.846. The SMILES string of the molecule is CC(OC1CCCCO1)c1ccncc1CCNC(=O)OC(C)(C)C. The Morgan fingerprint density at radius 3 is 2.92 bits per heavy atom. The number of pyridine rings is 1. The first-order valence-corrected chi connectivity index (χ1v) is 9.02. The van der Waals surface area contributed by atoms with E-state index in [9.17, 15) is 4.79 Å². The van der Waals surface area contributed by atoms with Gasteiger partial charge in [-0.05, 0) is 70.6 Å². The molecule has 2 heterocycles. The van der Waals surface area contributed by atoms with Crippen molar-refractivity contribution < 1.29 is 19.0 Å². The maximum atomic E-state index is 11.7. The van der Waals surface area contributed by atoms with E-state index in [0.29, 0.717) is 13.0 Å².